The first-order chi connectivity index (χ1) is 6.70. The molecule has 0 aliphatic heterocycles. The first-order valence-corrected chi connectivity index (χ1v) is 4.28. The number of allylic oxidation sites excluding steroid dienone is 1. The summed E-state index contributed by atoms with van der Waals surface area (Å²) >= 11 is 0. The molecule has 0 atom stereocenters. The molecule has 1 aromatic rings. The van der Waals surface area contributed by atoms with Crippen molar-refractivity contribution in [2.75, 3.05) is 7.11 Å². The predicted octanol–water partition coefficient (Wildman–Crippen LogP) is 1.97. The summed E-state index contributed by atoms with van der Waals surface area (Å²) in [6.07, 6.45) is 3.42. The summed E-state index contributed by atoms with van der Waals surface area (Å²) in [5, 5.41) is 0. The van der Waals surface area contributed by atoms with Crippen LogP contribution in [0.3, 0.4) is 0 Å². The van der Waals surface area contributed by atoms with E-state index in [1.165, 1.54) is 19.3 Å². The molecule has 0 aromatic heterocycles. The third kappa shape index (κ3) is 1.41. The zero-order chi connectivity index (χ0) is 10.1. The Bertz CT molecular complexity index is 422. The van der Waals surface area contributed by atoms with Crippen LogP contribution in [0, 0.1) is 5.82 Å². The molecule has 2 nitrogen and oxygen atoms in total. The molecule has 0 saturated carbocycles. The number of hydrogen-bond donors (Lipinski definition) is 0. The second-order valence-corrected chi connectivity index (χ2v) is 3.16. The molecule has 0 N–H and O–H groups in total. The third-order valence-corrected chi connectivity index (χ3v) is 2.23. The molecule has 1 aromatic carbocycles. The molecule has 1 aliphatic carbocycles. The molecule has 0 spiro atoms. The van der Waals surface area contributed by atoms with Gasteiger partial charge in [-0.05, 0) is 29.3 Å². The van der Waals surface area contributed by atoms with E-state index in [-0.39, 0.29) is 11.5 Å². The molecule has 14 heavy (non-hydrogen) atoms. The van der Waals surface area contributed by atoms with Crippen molar-refractivity contribution in [3.63, 3.8) is 0 Å². The fourth-order valence-corrected chi connectivity index (χ4v) is 1.50. The van der Waals surface area contributed by atoms with Gasteiger partial charge in [0.05, 0.1) is 7.11 Å². The number of carbonyl (C=O) groups excluding carboxylic acids is 1. The van der Waals surface area contributed by atoms with Crippen LogP contribution in [0.25, 0.3) is 6.08 Å². The average molecular weight is 192 g/mol. The van der Waals surface area contributed by atoms with Crippen molar-refractivity contribution >= 4 is 11.9 Å². The summed E-state index contributed by atoms with van der Waals surface area (Å²) in [5.74, 6) is -0.178. The van der Waals surface area contributed by atoms with Gasteiger partial charge in [0.2, 0.25) is 0 Å². The van der Waals surface area contributed by atoms with Gasteiger partial charge >= 0.3 is 0 Å². The molecule has 3 heteroatoms. The maximum atomic E-state index is 13.2. The summed E-state index contributed by atoms with van der Waals surface area (Å²) in [6, 6.07) is 2.96. The van der Waals surface area contributed by atoms with Crippen molar-refractivity contribution in [1.82, 2.24) is 0 Å². The fraction of sp³-hybridized carbons (Fsp3) is 0.182. The molecule has 0 bridgehead atoms. The van der Waals surface area contributed by atoms with Crippen molar-refractivity contribution in [2.24, 2.45) is 0 Å². The monoisotopic (exact) mass is 192 g/mol. The summed E-state index contributed by atoms with van der Waals surface area (Å²) in [6.45, 7) is 0. The van der Waals surface area contributed by atoms with Crippen LogP contribution in [0.1, 0.15) is 11.1 Å². The smallest absolute Gasteiger partial charge is 0.165 e. The number of ether oxygens (including phenoxy) is 1. The van der Waals surface area contributed by atoms with Crippen LogP contribution in [0.5, 0.6) is 5.75 Å². The largest absolute Gasteiger partial charge is 0.494 e. The second kappa shape index (κ2) is 3.25. The number of rotatable bonds is 1. The molecule has 0 amide bonds. The minimum atomic E-state index is -0.398. The number of ketones is 1. The van der Waals surface area contributed by atoms with Gasteiger partial charge in [-0.15, -0.1) is 0 Å². The van der Waals surface area contributed by atoms with Gasteiger partial charge in [0.1, 0.15) is 0 Å². The maximum absolute atomic E-state index is 13.2. The lowest BCUT2D eigenvalue weighted by molar-refractivity contribution is -0.114. The van der Waals surface area contributed by atoms with Gasteiger partial charge in [0, 0.05) is 6.42 Å². The van der Waals surface area contributed by atoms with E-state index in [9.17, 15) is 9.18 Å². The van der Waals surface area contributed by atoms with Gasteiger partial charge in [-0.25, -0.2) is 4.39 Å². The summed E-state index contributed by atoms with van der Waals surface area (Å²) in [7, 11) is 1.41. The van der Waals surface area contributed by atoms with Crippen molar-refractivity contribution in [3.8, 4) is 5.75 Å². The van der Waals surface area contributed by atoms with Gasteiger partial charge in [-0.1, -0.05) is 6.08 Å². The topological polar surface area (TPSA) is 26.3 Å². The normalized spacial score (nSPS) is 14.0. The summed E-state index contributed by atoms with van der Waals surface area (Å²) in [5.41, 5.74) is 1.57. The standard InChI is InChI=1S/C11H9FO2/c1-14-11-6-8-4-9(13)3-2-7(8)5-10(11)12/h2-3,5-6H,4H2,1H3. The second-order valence-electron chi connectivity index (χ2n) is 3.16. The Balaban J connectivity index is 2.53. The average Bonchev–Trinajstić information content (AvgIpc) is 2.17. The van der Waals surface area contributed by atoms with E-state index in [2.05, 4.69) is 0 Å². The van der Waals surface area contributed by atoms with Crippen LogP contribution in [0.15, 0.2) is 18.2 Å². The van der Waals surface area contributed by atoms with E-state index < -0.39 is 5.82 Å². The van der Waals surface area contributed by atoms with Gasteiger partial charge in [-0.2, -0.15) is 0 Å². The lowest BCUT2D eigenvalue weighted by Gasteiger charge is -2.11. The van der Waals surface area contributed by atoms with Crippen LogP contribution in [0.4, 0.5) is 4.39 Å². The fourth-order valence-electron chi connectivity index (χ4n) is 1.50. The zero-order valence-corrected chi connectivity index (χ0v) is 7.71. The minimum absolute atomic E-state index is 0.0335. The lowest BCUT2D eigenvalue weighted by Crippen LogP contribution is -2.06. The number of benzene rings is 1. The van der Waals surface area contributed by atoms with E-state index in [0.29, 0.717) is 6.42 Å². The summed E-state index contributed by atoms with van der Waals surface area (Å²) in [4.78, 5) is 11.1. The van der Waals surface area contributed by atoms with E-state index in [0.717, 1.165) is 11.1 Å². The first kappa shape index (κ1) is 8.94. The van der Waals surface area contributed by atoms with E-state index in [4.69, 9.17) is 4.74 Å². The lowest BCUT2D eigenvalue weighted by atomic mass is 9.96. The van der Waals surface area contributed by atoms with E-state index in [1.807, 2.05) is 0 Å². The predicted molar refractivity (Wildman–Crippen MR) is 50.7 cm³/mol. The molecule has 0 radical (unpaired) electrons. The van der Waals surface area contributed by atoms with E-state index in [1.54, 1.807) is 12.1 Å². The highest BCUT2D eigenvalue weighted by Gasteiger charge is 2.14. The first-order valence-electron chi connectivity index (χ1n) is 4.28. The Hall–Kier alpha value is -1.64. The SMILES string of the molecule is COc1cc2c(cc1F)C=CC(=O)C2. The van der Waals surface area contributed by atoms with Crippen molar-refractivity contribution in [3.05, 3.63) is 35.2 Å². The number of methoxy groups -OCH3 is 1. The molecular formula is C11H9FO2. The maximum Gasteiger partial charge on any atom is 0.165 e. The highest BCUT2D eigenvalue weighted by atomic mass is 19.1. The van der Waals surface area contributed by atoms with Gasteiger partial charge in [-0.3, -0.25) is 4.79 Å². The van der Waals surface area contributed by atoms with Gasteiger partial charge < -0.3 is 4.74 Å². The Morgan fingerprint density at radius 1 is 1.36 bits per heavy atom. The van der Waals surface area contributed by atoms with Gasteiger partial charge in [0.15, 0.2) is 17.3 Å². The van der Waals surface area contributed by atoms with Crippen molar-refractivity contribution < 1.29 is 13.9 Å². The van der Waals surface area contributed by atoms with Crippen LogP contribution < -0.4 is 4.74 Å². The zero-order valence-electron chi connectivity index (χ0n) is 7.71. The number of fused-ring (bicyclic) bond motifs is 1. The highest BCUT2D eigenvalue weighted by Crippen LogP contribution is 2.25. The Labute approximate surface area is 81.0 Å². The molecule has 1 aliphatic rings. The quantitative estimate of drug-likeness (QED) is 0.680. The molecule has 0 fully saturated rings. The minimum Gasteiger partial charge on any atom is -0.494 e. The van der Waals surface area contributed by atoms with E-state index >= 15 is 0 Å². The molecule has 2 rings (SSSR count). The molecule has 72 valence electrons. The van der Waals surface area contributed by atoms with Crippen LogP contribution in [-0.4, -0.2) is 12.9 Å². The number of carbonyl (C=O) groups is 1. The molecular weight excluding hydrogens is 183 g/mol. The van der Waals surface area contributed by atoms with Crippen LogP contribution >= 0.6 is 0 Å². The Morgan fingerprint density at radius 2 is 2.14 bits per heavy atom. The number of hydrogen-bond acceptors (Lipinski definition) is 2. The van der Waals surface area contributed by atoms with Crippen LogP contribution in [-0.2, 0) is 11.2 Å². The highest BCUT2D eigenvalue weighted by molar-refractivity contribution is 5.98. The summed E-state index contributed by atoms with van der Waals surface area (Å²) < 4.78 is 18.1. The Kier molecular flexibility index (Phi) is 2.08. The van der Waals surface area contributed by atoms with Crippen molar-refractivity contribution in [1.29, 1.82) is 0 Å². The molecule has 0 unspecified atom stereocenters. The van der Waals surface area contributed by atoms with Crippen LogP contribution in [0.2, 0.25) is 0 Å². The van der Waals surface area contributed by atoms with Crippen molar-refractivity contribution in [2.45, 2.75) is 6.42 Å². The molecule has 0 heterocycles. The van der Waals surface area contributed by atoms with Gasteiger partial charge in [0.25, 0.3) is 0 Å². The Morgan fingerprint density at radius 3 is 2.86 bits per heavy atom. The number of halogens is 1. The molecule has 0 saturated heterocycles. The third-order valence-electron chi connectivity index (χ3n) is 2.23.